The lowest BCUT2D eigenvalue weighted by atomic mass is 10.2. The van der Waals surface area contributed by atoms with E-state index in [9.17, 15) is 8.78 Å². The molecule has 0 aliphatic rings. The standard InChI is InChI=1S/C13H10BrF2NO2/c1-8-2-4-10(19-13(15)16)11(6-8)18-12-5-3-9(14)7-17-12/h2-7,13H,1H3. The van der Waals surface area contributed by atoms with E-state index >= 15 is 0 Å². The Kier molecular flexibility index (Phi) is 4.31. The highest BCUT2D eigenvalue weighted by molar-refractivity contribution is 9.10. The van der Waals surface area contributed by atoms with Crippen molar-refractivity contribution in [2.45, 2.75) is 13.5 Å². The zero-order chi connectivity index (χ0) is 13.8. The van der Waals surface area contributed by atoms with Gasteiger partial charge in [0.05, 0.1) is 0 Å². The fourth-order valence-corrected chi connectivity index (χ4v) is 1.66. The largest absolute Gasteiger partial charge is 0.435 e. The fourth-order valence-electron chi connectivity index (χ4n) is 1.42. The molecule has 1 heterocycles. The predicted octanol–water partition coefficient (Wildman–Crippen LogP) is 4.55. The molecule has 0 saturated heterocycles. The molecule has 0 amide bonds. The van der Waals surface area contributed by atoms with Crippen LogP contribution in [0.15, 0.2) is 41.0 Å². The number of rotatable bonds is 4. The number of ether oxygens (including phenoxy) is 2. The summed E-state index contributed by atoms with van der Waals surface area (Å²) < 4.78 is 35.2. The van der Waals surface area contributed by atoms with E-state index in [-0.39, 0.29) is 11.5 Å². The zero-order valence-electron chi connectivity index (χ0n) is 9.94. The molecular formula is C13H10BrF2NO2. The third-order valence-electron chi connectivity index (χ3n) is 2.23. The number of aryl methyl sites for hydroxylation is 1. The number of halogens is 3. The van der Waals surface area contributed by atoms with E-state index in [0.29, 0.717) is 5.88 Å². The number of aromatic nitrogens is 1. The molecule has 1 aromatic carbocycles. The Hall–Kier alpha value is -1.69. The minimum atomic E-state index is -2.90. The lowest BCUT2D eigenvalue weighted by Gasteiger charge is -2.12. The van der Waals surface area contributed by atoms with E-state index in [1.165, 1.54) is 6.07 Å². The van der Waals surface area contributed by atoms with Gasteiger partial charge in [0.2, 0.25) is 5.88 Å². The molecule has 19 heavy (non-hydrogen) atoms. The Morgan fingerprint density at radius 3 is 2.58 bits per heavy atom. The van der Waals surface area contributed by atoms with Gasteiger partial charge in [-0.1, -0.05) is 6.07 Å². The zero-order valence-corrected chi connectivity index (χ0v) is 11.5. The Morgan fingerprint density at radius 2 is 1.95 bits per heavy atom. The molecule has 0 atom stereocenters. The van der Waals surface area contributed by atoms with Crippen molar-refractivity contribution in [2.24, 2.45) is 0 Å². The van der Waals surface area contributed by atoms with Gasteiger partial charge in [-0.05, 0) is 46.6 Å². The van der Waals surface area contributed by atoms with E-state index in [1.54, 1.807) is 30.5 Å². The van der Waals surface area contributed by atoms with Gasteiger partial charge in [-0.3, -0.25) is 0 Å². The molecule has 0 N–H and O–H groups in total. The SMILES string of the molecule is Cc1ccc(OC(F)F)c(Oc2ccc(Br)cn2)c1. The van der Waals surface area contributed by atoms with E-state index in [4.69, 9.17) is 4.74 Å². The highest BCUT2D eigenvalue weighted by atomic mass is 79.9. The number of alkyl halides is 2. The first kappa shape index (κ1) is 13.7. The summed E-state index contributed by atoms with van der Waals surface area (Å²) in [5, 5.41) is 0. The van der Waals surface area contributed by atoms with Crippen molar-refractivity contribution in [3.8, 4) is 17.4 Å². The summed E-state index contributed by atoms with van der Waals surface area (Å²) in [6, 6.07) is 8.08. The van der Waals surface area contributed by atoms with Crippen LogP contribution in [0.5, 0.6) is 17.4 Å². The molecule has 0 spiro atoms. The maximum Gasteiger partial charge on any atom is 0.387 e. The molecule has 100 valence electrons. The quantitative estimate of drug-likeness (QED) is 0.824. The van der Waals surface area contributed by atoms with E-state index in [0.717, 1.165) is 10.0 Å². The van der Waals surface area contributed by atoms with Crippen molar-refractivity contribution in [1.82, 2.24) is 4.98 Å². The predicted molar refractivity (Wildman–Crippen MR) is 69.8 cm³/mol. The van der Waals surface area contributed by atoms with Crippen LogP contribution in [0.25, 0.3) is 0 Å². The van der Waals surface area contributed by atoms with E-state index in [1.807, 2.05) is 6.92 Å². The first-order chi connectivity index (χ1) is 9.04. The smallest absolute Gasteiger partial charge is 0.387 e. The number of benzene rings is 1. The van der Waals surface area contributed by atoms with E-state index < -0.39 is 6.61 Å². The first-order valence-corrected chi connectivity index (χ1v) is 6.19. The Labute approximate surface area is 117 Å². The molecule has 6 heteroatoms. The van der Waals surface area contributed by atoms with Gasteiger partial charge in [0.25, 0.3) is 0 Å². The second kappa shape index (κ2) is 5.97. The van der Waals surface area contributed by atoms with Gasteiger partial charge in [0.1, 0.15) is 0 Å². The third kappa shape index (κ3) is 3.89. The molecule has 0 saturated carbocycles. The molecule has 1 aromatic heterocycles. The summed E-state index contributed by atoms with van der Waals surface area (Å²) in [6.45, 7) is -1.07. The van der Waals surface area contributed by atoms with Crippen molar-refractivity contribution in [1.29, 1.82) is 0 Å². The minimum Gasteiger partial charge on any atom is -0.435 e. The highest BCUT2D eigenvalue weighted by Crippen LogP contribution is 2.33. The van der Waals surface area contributed by atoms with Crippen molar-refractivity contribution >= 4 is 15.9 Å². The summed E-state index contributed by atoms with van der Waals surface area (Å²) in [6.07, 6.45) is 1.55. The van der Waals surface area contributed by atoms with Crippen LogP contribution in [0.1, 0.15) is 5.56 Å². The van der Waals surface area contributed by atoms with Crippen molar-refractivity contribution in [3.05, 3.63) is 46.6 Å². The first-order valence-electron chi connectivity index (χ1n) is 5.39. The monoisotopic (exact) mass is 329 g/mol. The molecule has 3 nitrogen and oxygen atoms in total. The van der Waals surface area contributed by atoms with Gasteiger partial charge < -0.3 is 9.47 Å². The maximum atomic E-state index is 12.3. The molecule has 2 rings (SSSR count). The van der Waals surface area contributed by atoms with Crippen LogP contribution in [0.4, 0.5) is 8.78 Å². The van der Waals surface area contributed by atoms with Gasteiger partial charge in [0, 0.05) is 16.7 Å². The molecule has 0 aliphatic carbocycles. The molecule has 0 unspecified atom stereocenters. The molecule has 0 fully saturated rings. The Bertz CT molecular complexity index is 561. The van der Waals surface area contributed by atoms with Gasteiger partial charge in [-0.2, -0.15) is 8.78 Å². The van der Waals surface area contributed by atoms with Gasteiger partial charge >= 0.3 is 6.61 Å². The number of pyridine rings is 1. The van der Waals surface area contributed by atoms with Crippen LogP contribution in [0.3, 0.4) is 0 Å². The van der Waals surface area contributed by atoms with Crippen LogP contribution < -0.4 is 9.47 Å². The maximum absolute atomic E-state index is 12.3. The van der Waals surface area contributed by atoms with Crippen molar-refractivity contribution in [3.63, 3.8) is 0 Å². The van der Waals surface area contributed by atoms with Crippen molar-refractivity contribution < 1.29 is 18.3 Å². The van der Waals surface area contributed by atoms with Gasteiger partial charge in [0.15, 0.2) is 11.5 Å². The minimum absolute atomic E-state index is 0.0229. The lowest BCUT2D eigenvalue weighted by Crippen LogP contribution is -2.03. The topological polar surface area (TPSA) is 31.4 Å². The van der Waals surface area contributed by atoms with E-state index in [2.05, 4.69) is 25.7 Å². The number of hydrogen-bond acceptors (Lipinski definition) is 3. The van der Waals surface area contributed by atoms with Crippen molar-refractivity contribution in [2.75, 3.05) is 0 Å². The molecule has 0 bridgehead atoms. The normalized spacial score (nSPS) is 10.6. The van der Waals surface area contributed by atoms with Gasteiger partial charge in [-0.25, -0.2) is 4.98 Å². The molecule has 2 aromatic rings. The Morgan fingerprint density at radius 1 is 1.16 bits per heavy atom. The third-order valence-corrected chi connectivity index (χ3v) is 2.70. The molecule has 0 radical (unpaired) electrons. The second-order valence-electron chi connectivity index (χ2n) is 3.75. The van der Waals surface area contributed by atoms with Crippen LogP contribution in [0.2, 0.25) is 0 Å². The lowest BCUT2D eigenvalue weighted by molar-refractivity contribution is -0.0510. The average molecular weight is 330 g/mol. The molecular weight excluding hydrogens is 320 g/mol. The summed E-state index contributed by atoms with van der Waals surface area (Å²) in [4.78, 5) is 4.01. The molecule has 0 aliphatic heterocycles. The van der Waals surface area contributed by atoms with Crippen LogP contribution in [-0.2, 0) is 0 Å². The summed E-state index contributed by atoms with van der Waals surface area (Å²) in [7, 11) is 0. The van der Waals surface area contributed by atoms with Gasteiger partial charge in [-0.15, -0.1) is 0 Å². The summed E-state index contributed by atoms with van der Waals surface area (Å²) >= 11 is 3.25. The van der Waals surface area contributed by atoms with Crippen LogP contribution in [-0.4, -0.2) is 11.6 Å². The highest BCUT2D eigenvalue weighted by Gasteiger charge is 2.12. The number of hydrogen-bond donors (Lipinski definition) is 0. The van der Waals surface area contributed by atoms with Crippen LogP contribution in [0, 0.1) is 6.92 Å². The second-order valence-corrected chi connectivity index (χ2v) is 4.66. The summed E-state index contributed by atoms with van der Waals surface area (Å²) in [5.74, 6) is 0.480. The fraction of sp³-hybridized carbons (Fsp3) is 0.154. The Balaban J connectivity index is 2.27. The average Bonchev–Trinajstić information content (AvgIpc) is 2.35. The number of nitrogens with zero attached hydrogens (tertiary/aromatic N) is 1. The van der Waals surface area contributed by atoms with Crippen LogP contribution >= 0.6 is 15.9 Å². The summed E-state index contributed by atoms with van der Waals surface area (Å²) in [5.41, 5.74) is 0.869.